The van der Waals surface area contributed by atoms with E-state index in [1.54, 1.807) is 11.3 Å². The highest BCUT2D eigenvalue weighted by molar-refractivity contribution is 7.74. The van der Waals surface area contributed by atoms with E-state index in [0.29, 0.717) is 19.4 Å². The summed E-state index contributed by atoms with van der Waals surface area (Å²) in [5.41, 5.74) is 5.46. The zero-order valence-electron chi connectivity index (χ0n) is 9.70. The van der Waals surface area contributed by atoms with E-state index in [4.69, 9.17) is 9.92 Å². The van der Waals surface area contributed by atoms with Gasteiger partial charge in [-0.3, -0.25) is 4.18 Å². The molecule has 2 atom stereocenters. The van der Waals surface area contributed by atoms with Crippen LogP contribution in [-0.2, 0) is 22.0 Å². The van der Waals surface area contributed by atoms with Gasteiger partial charge in [0.2, 0.25) is 0 Å². The maximum Gasteiger partial charge on any atom is 0.0844 e. The van der Waals surface area contributed by atoms with E-state index < -0.39 is 11.4 Å². The lowest BCUT2D eigenvalue weighted by Crippen LogP contribution is -2.21. The van der Waals surface area contributed by atoms with Crippen LogP contribution in [0, 0.1) is 0 Å². The van der Waals surface area contributed by atoms with Crippen molar-refractivity contribution < 1.29 is 12.9 Å². The van der Waals surface area contributed by atoms with Crippen molar-refractivity contribution in [1.82, 2.24) is 0 Å². The first-order valence-electron chi connectivity index (χ1n) is 5.63. The van der Waals surface area contributed by atoms with Gasteiger partial charge in [0, 0.05) is 16.0 Å². The molecule has 1 heterocycles. The van der Waals surface area contributed by atoms with Gasteiger partial charge in [0.25, 0.3) is 0 Å². The van der Waals surface area contributed by atoms with Crippen LogP contribution in [0.25, 0.3) is 10.1 Å². The highest BCUT2D eigenvalue weighted by Crippen LogP contribution is 2.27. The lowest BCUT2D eigenvalue weighted by atomic mass is 10.1. The van der Waals surface area contributed by atoms with Crippen molar-refractivity contribution in [3.63, 3.8) is 0 Å². The summed E-state index contributed by atoms with van der Waals surface area (Å²) in [6.45, 7) is 0.409. The maximum absolute atomic E-state index is 10.6. The Kier molecular flexibility index (Phi) is 4.85. The summed E-state index contributed by atoms with van der Waals surface area (Å²) in [6, 6.07) is 10.1. The van der Waals surface area contributed by atoms with Crippen LogP contribution in [0.2, 0.25) is 0 Å². The van der Waals surface area contributed by atoms with Gasteiger partial charge in [0.1, 0.15) is 0 Å². The molecule has 0 saturated carbocycles. The van der Waals surface area contributed by atoms with E-state index in [1.807, 2.05) is 24.3 Å². The van der Waals surface area contributed by atoms with E-state index in [2.05, 4.69) is 6.07 Å². The molecular weight excluding hydrogens is 270 g/mol. The van der Waals surface area contributed by atoms with Gasteiger partial charge in [-0.15, -0.1) is 11.3 Å². The molecule has 98 valence electrons. The van der Waals surface area contributed by atoms with Gasteiger partial charge >= 0.3 is 0 Å². The van der Waals surface area contributed by atoms with Gasteiger partial charge in [-0.1, -0.05) is 18.2 Å². The van der Waals surface area contributed by atoms with Crippen molar-refractivity contribution in [2.75, 3.05) is 6.54 Å². The molecule has 0 radical (unpaired) electrons. The molecule has 1 aromatic heterocycles. The molecule has 0 aliphatic carbocycles. The van der Waals surface area contributed by atoms with Crippen molar-refractivity contribution in [1.29, 1.82) is 0 Å². The molecule has 0 aliphatic heterocycles. The van der Waals surface area contributed by atoms with E-state index in [1.165, 1.54) is 10.1 Å². The monoisotopic (exact) mass is 284 g/mol. The molecule has 0 fully saturated rings. The Morgan fingerprint density at radius 1 is 1.44 bits per heavy atom. The number of thiophene rings is 1. The van der Waals surface area contributed by atoms with Crippen LogP contribution in [0.15, 0.2) is 30.3 Å². The van der Waals surface area contributed by atoms with Crippen LogP contribution >= 0.6 is 11.3 Å². The van der Waals surface area contributed by atoms with Crippen LogP contribution in [0.5, 0.6) is 0 Å². The second-order valence-electron chi connectivity index (χ2n) is 3.95. The lowest BCUT2D eigenvalue weighted by Gasteiger charge is -2.16. The molecule has 0 saturated heterocycles. The molecule has 0 bridgehead atoms. The number of nitrogens with two attached hydrogens (primary N) is 1. The Bertz CT molecular complexity index is 508. The average Bonchev–Trinajstić information content (AvgIpc) is 2.70. The van der Waals surface area contributed by atoms with Crippen LogP contribution in [-0.4, -0.2) is 21.4 Å². The Labute approximate surface area is 112 Å². The van der Waals surface area contributed by atoms with Crippen molar-refractivity contribution >= 4 is 32.8 Å². The van der Waals surface area contributed by atoms with Gasteiger partial charge in [-0.25, -0.2) is 4.21 Å². The molecule has 1 aromatic carbocycles. The lowest BCUT2D eigenvalue weighted by molar-refractivity contribution is 0.194. The summed E-state index contributed by atoms with van der Waals surface area (Å²) in [5, 5.41) is 1.17. The van der Waals surface area contributed by atoms with E-state index in [9.17, 15) is 8.76 Å². The minimum atomic E-state index is -2.49. The third-order valence-electron chi connectivity index (χ3n) is 2.61. The molecule has 4 nitrogen and oxygen atoms in total. The standard InChI is InChI=1S/C12H15NO3S2/c13-6-5-10(16-18(14)15)8-11-7-9-3-1-2-4-12(9)17-11/h1-4,7,10H,5-6,8,13H2,(H,14,15)/p-1. The van der Waals surface area contributed by atoms with Crippen LogP contribution < -0.4 is 5.73 Å². The first-order valence-corrected chi connectivity index (χ1v) is 7.44. The number of hydrogen-bond donors (Lipinski definition) is 1. The molecule has 6 heteroatoms. The first-order chi connectivity index (χ1) is 8.69. The number of fused-ring (bicyclic) bond motifs is 1. The first kappa shape index (κ1) is 13.6. The highest BCUT2D eigenvalue weighted by atomic mass is 32.2. The molecule has 2 unspecified atom stereocenters. The number of rotatable bonds is 6. The van der Waals surface area contributed by atoms with Crippen molar-refractivity contribution in [3.8, 4) is 0 Å². The quantitative estimate of drug-likeness (QED) is 0.823. The summed E-state index contributed by atoms with van der Waals surface area (Å²) < 4.78 is 27.2. The summed E-state index contributed by atoms with van der Waals surface area (Å²) in [5.74, 6) is 0. The van der Waals surface area contributed by atoms with Crippen molar-refractivity contribution in [2.24, 2.45) is 5.73 Å². The predicted octanol–water partition coefficient (Wildman–Crippen LogP) is 1.97. The van der Waals surface area contributed by atoms with Gasteiger partial charge in [0.05, 0.1) is 17.5 Å². The minimum absolute atomic E-state index is 0.374. The molecule has 0 spiro atoms. The van der Waals surface area contributed by atoms with Gasteiger partial charge in [0.15, 0.2) is 0 Å². The normalized spacial score (nSPS) is 14.8. The Hall–Kier alpha value is -0.790. The fourth-order valence-corrected chi connectivity index (χ4v) is 3.36. The number of benzene rings is 1. The molecule has 2 N–H and O–H groups in total. The van der Waals surface area contributed by atoms with E-state index in [0.717, 1.165) is 4.88 Å². The average molecular weight is 284 g/mol. The van der Waals surface area contributed by atoms with Gasteiger partial charge in [-0.05, 0) is 30.5 Å². The zero-order valence-corrected chi connectivity index (χ0v) is 11.3. The SMILES string of the molecule is NCCC(Cc1cc2ccccc2s1)OS(=O)[O-]. The summed E-state index contributed by atoms with van der Waals surface area (Å²) in [6.07, 6.45) is 0.730. The molecule has 2 rings (SSSR count). The molecule has 2 aromatic rings. The third kappa shape index (κ3) is 3.60. The minimum Gasteiger partial charge on any atom is -0.750 e. The highest BCUT2D eigenvalue weighted by Gasteiger charge is 2.12. The van der Waals surface area contributed by atoms with Crippen LogP contribution in [0.4, 0.5) is 0 Å². The molecule has 0 amide bonds. The summed E-state index contributed by atoms with van der Waals surface area (Å²) in [4.78, 5) is 1.11. The Morgan fingerprint density at radius 2 is 2.22 bits per heavy atom. The topological polar surface area (TPSA) is 75.4 Å². The van der Waals surface area contributed by atoms with Crippen LogP contribution in [0.1, 0.15) is 11.3 Å². The van der Waals surface area contributed by atoms with Crippen molar-refractivity contribution in [3.05, 3.63) is 35.2 Å². The Balaban J connectivity index is 2.12. The molecule has 18 heavy (non-hydrogen) atoms. The van der Waals surface area contributed by atoms with E-state index >= 15 is 0 Å². The fraction of sp³-hybridized carbons (Fsp3) is 0.333. The summed E-state index contributed by atoms with van der Waals surface area (Å²) >= 11 is -0.833. The molecular formula is C12H14NO3S2-. The fourth-order valence-electron chi connectivity index (χ4n) is 1.84. The predicted molar refractivity (Wildman–Crippen MR) is 73.0 cm³/mol. The van der Waals surface area contributed by atoms with E-state index in [-0.39, 0.29) is 6.10 Å². The zero-order chi connectivity index (χ0) is 13.0. The third-order valence-corrected chi connectivity index (χ3v) is 4.18. The van der Waals surface area contributed by atoms with Crippen LogP contribution in [0.3, 0.4) is 0 Å². The summed E-state index contributed by atoms with van der Waals surface area (Å²) in [7, 11) is 0. The Morgan fingerprint density at radius 3 is 2.89 bits per heavy atom. The second-order valence-corrected chi connectivity index (χ2v) is 5.72. The largest absolute Gasteiger partial charge is 0.750 e. The number of hydrogen-bond acceptors (Lipinski definition) is 5. The van der Waals surface area contributed by atoms with Gasteiger partial charge in [-0.2, -0.15) is 0 Å². The second kappa shape index (κ2) is 6.40. The molecule has 0 aliphatic rings. The van der Waals surface area contributed by atoms with Crippen molar-refractivity contribution in [2.45, 2.75) is 18.9 Å². The smallest absolute Gasteiger partial charge is 0.0844 e. The van der Waals surface area contributed by atoms with Gasteiger partial charge < -0.3 is 10.3 Å². The maximum atomic E-state index is 10.6.